The first-order chi connectivity index (χ1) is 13.0. The Morgan fingerprint density at radius 3 is 2.48 bits per heavy atom. The summed E-state index contributed by atoms with van der Waals surface area (Å²) in [6, 6.07) is 6.88. The molecule has 1 aromatic heterocycles. The molecule has 7 nitrogen and oxygen atoms in total. The number of nitrogens with zero attached hydrogens (tertiary/aromatic N) is 3. The van der Waals surface area contributed by atoms with E-state index in [-0.39, 0.29) is 5.91 Å². The monoisotopic (exact) mass is 371 g/mol. The standard InChI is InChI=1S/C19H22FN5O2/c1-24(2)19(27)16-11-15(12-22-17(16)25-9-7-21-8-10-25)23-18(26)13-3-5-14(20)6-4-13/h3-6,11-12,21H,7-10H2,1-2H3,(H,23,26). The van der Waals surface area contributed by atoms with Crippen LogP contribution in [0.1, 0.15) is 20.7 Å². The molecule has 3 rings (SSSR count). The second kappa shape index (κ2) is 8.13. The maximum Gasteiger partial charge on any atom is 0.257 e. The van der Waals surface area contributed by atoms with Gasteiger partial charge in [-0.05, 0) is 30.3 Å². The number of benzene rings is 1. The van der Waals surface area contributed by atoms with Crippen molar-refractivity contribution in [1.29, 1.82) is 0 Å². The fourth-order valence-corrected chi connectivity index (χ4v) is 2.86. The normalized spacial score (nSPS) is 14.0. The maximum absolute atomic E-state index is 13.0. The number of anilines is 2. The van der Waals surface area contributed by atoms with Crippen molar-refractivity contribution >= 4 is 23.3 Å². The fraction of sp³-hybridized carbons (Fsp3) is 0.316. The van der Waals surface area contributed by atoms with Gasteiger partial charge in [-0.2, -0.15) is 0 Å². The molecule has 1 saturated heterocycles. The Kier molecular flexibility index (Phi) is 5.66. The summed E-state index contributed by atoms with van der Waals surface area (Å²) in [5.74, 6) is -0.383. The molecule has 2 amide bonds. The number of carbonyl (C=O) groups excluding carboxylic acids is 2. The van der Waals surface area contributed by atoms with Gasteiger partial charge in [0.05, 0.1) is 17.4 Å². The minimum absolute atomic E-state index is 0.186. The zero-order valence-corrected chi connectivity index (χ0v) is 15.3. The minimum atomic E-state index is -0.410. The van der Waals surface area contributed by atoms with Gasteiger partial charge >= 0.3 is 0 Å². The quantitative estimate of drug-likeness (QED) is 0.853. The molecule has 142 valence electrons. The lowest BCUT2D eigenvalue weighted by atomic mass is 10.1. The average Bonchev–Trinajstić information content (AvgIpc) is 2.68. The molecule has 1 aliphatic rings. The van der Waals surface area contributed by atoms with Crippen LogP contribution in [0.4, 0.5) is 15.9 Å². The smallest absolute Gasteiger partial charge is 0.257 e. The molecule has 27 heavy (non-hydrogen) atoms. The van der Waals surface area contributed by atoms with Gasteiger partial charge in [-0.25, -0.2) is 9.37 Å². The first-order valence-electron chi connectivity index (χ1n) is 8.70. The molecule has 0 atom stereocenters. The van der Waals surface area contributed by atoms with Crippen LogP contribution in [0.25, 0.3) is 0 Å². The molecule has 0 aliphatic carbocycles. The van der Waals surface area contributed by atoms with Gasteiger partial charge < -0.3 is 20.4 Å². The molecule has 0 spiro atoms. The third-order valence-corrected chi connectivity index (χ3v) is 4.28. The Morgan fingerprint density at radius 1 is 1.19 bits per heavy atom. The molecule has 0 bridgehead atoms. The first-order valence-corrected chi connectivity index (χ1v) is 8.70. The van der Waals surface area contributed by atoms with Crippen LogP contribution in [0.3, 0.4) is 0 Å². The van der Waals surface area contributed by atoms with E-state index in [1.165, 1.54) is 35.4 Å². The SMILES string of the molecule is CN(C)C(=O)c1cc(NC(=O)c2ccc(F)cc2)cnc1N1CCNCC1. The number of halogens is 1. The minimum Gasteiger partial charge on any atom is -0.353 e. The average molecular weight is 371 g/mol. The van der Waals surface area contributed by atoms with E-state index >= 15 is 0 Å². The highest BCUT2D eigenvalue weighted by Gasteiger charge is 2.22. The largest absolute Gasteiger partial charge is 0.353 e. The van der Waals surface area contributed by atoms with E-state index in [4.69, 9.17) is 0 Å². The molecule has 2 heterocycles. The summed E-state index contributed by atoms with van der Waals surface area (Å²) in [6.45, 7) is 3.14. The Hall–Kier alpha value is -3.00. The van der Waals surface area contributed by atoms with Crippen molar-refractivity contribution in [3.63, 3.8) is 0 Å². The van der Waals surface area contributed by atoms with Crippen LogP contribution in [0, 0.1) is 5.82 Å². The lowest BCUT2D eigenvalue weighted by molar-refractivity contribution is 0.0827. The fourth-order valence-electron chi connectivity index (χ4n) is 2.86. The Morgan fingerprint density at radius 2 is 1.85 bits per heavy atom. The van der Waals surface area contributed by atoms with Gasteiger partial charge in [0.25, 0.3) is 11.8 Å². The molecule has 0 radical (unpaired) electrons. The van der Waals surface area contributed by atoms with E-state index in [9.17, 15) is 14.0 Å². The predicted octanol–water partition coefficient (Wildman–Crippen LogP) is 1.58. The second-order valence-corrected chi connectivity index (χ2v) is 6.49. The van der Waals surface area contributed by atoms with Crippen LogP contribution < -0.4 is 15.5 Å². The molecule has 2 N–H and O–H groups in total. The zero-order valence-electron chi connectivity index (χ0n) is 15.3. The molecule has 1 fully saturated rings. The van der Waals surface area contributed by atoms with E-state index in [2.05, 4.69) is 20.5 Å². The van der Waals surface area contributed by atoms with Crippen molar-refractivity contribution in [2.75, 3.05) is 50.5 Å². The van der Waals surface area contributed by atoms with E-state index in [1.807, 2.05) is 0 Å². The van der Waals surface area contributed by atoms with Gasteiger partial charge in [-0.15, -0.1) is 0 Å². The van der Waals surface area contributed by atoms with Crippen molar-refractivity contribution in [3.05, 3.63) is 53.5 Å². The molecule has 2 aromatic rings. The van der Waals surface area contributed by atoms with Crippen molar-refractivity contribution in [2.45, 2.75) is 0 Å². The topological polar surface area (TPSA) is 77.6 Å². The zero-order chi connectivity index (χ0) is 19.4. The van der Waals surface area contributed by atoms with E-state index < -0.39 is 11.7 Å². The highest BCUT2D eigenvalue weighted by molar-refractivity contribution is 6.05. The molecule has 8 heteroatoms. The molecule has 1 aliphatic heterocycles. The van der Waals surface area contributed by atoms with Crippen LogP contribution in [-0.2, 0) is 0 Å². The van der Waals surface area contributed by atoms with E-state index in [0.29, 0.717) is 22.6 Å². The van der Waals surface area contributed by atoms with Gasteiger partial charge in [0.1, 0.15) is 11.6 Å². The van der Waals surface area contributed by atoms with Crippen LogP contribution in [0.2, 0.25) is 0 Å². The lowest BCUT2D eigenvalue weighted by Gasteiger charge is -2.30. The summed E-state index contributed by atoms with van der Waals surface area (Å²) in [5.41, 5.74) is 1.16. The third-order valence-electron chi connectivity index (χ3n) is 4.28. The van der Waals surface area contributed by atoms with Crippen LogP contribution in [-0.4, -0.2) is 62.0 Å². The van der Waals surface area contributed by atoms with E-state index in [1.54, 1.807) is 20.2 Å². The summed E-state index contributed by atoms with van der Waals surface area (Å²) >= 11 is 0. The first kappa shape index (κ1) is 18.8. The summed E-state index contributed by atoms with van der Waals surface area (Å²) in [6.07, 6.45) is 1.53. The summed E-state index contributed by atoms with van der Waals surface area (Å²) in [7, 11) is 3.35. The molecular formula is C19H22FN5O2. The number of aromatic nitrogens is 1. The molecule has 1 aromatic carbocycles. The van der Waals surface area contributed by atoms with Crippen molar-refractivity contribution in [2.24, 2.45) is 0 Å². The van der Waals surface area contributed by atoms with Gasteiger partial charge in [-0.1, -0.05) is 0 Å². The molecule has 0 saturated carbocycles. The Labute approximate surface area is 157 Å². The number of carbonyl (C=O) groups is 2. The highest BCUT2D eigenvalue weighted by Crippen LogP contribution is 2.23. The number of nitrogens with one attached hydrogen (secondary N) is 2. The van der Waals surface area contributed by atoms with Crippen molar-refractivity contribution < 1.29 is 14.0 Å². The van der Waals surface area contributed by atoms with Gasteiger partial charge in [-0.3, -0.25) is 9.59 Å². The maximum atomic E-state index is 13.0. The number of piperazine rings is 1. The Balaban J connectivity index is 1.87. The van der Waals surface area contributed by atoms with Crippen LogP contribution >= 0.6 is 0 Å². The number of amides is 2. The van der Waals surface area contributed by atoms with Gasteiger partial charge in [0.15, 0.2) is 0 Å². The summed E-state index contributed by atoms with van der Waals surface area (Å²) in [4.78, 5) is 33.0. The Bertz CT molecular complexity index is 832. The predicted molar refractivity (Wildman–Crippen MR) is 102 cm³/mol. The summed E-state index contributed by atoms with van der Waals surface area (Å²) < 4.78 is 13.0. The number of pyridine rings is 1. The number of hydrogen-bond acceptors (Lipinski definition) is 5. The van der Waals surface area contributed by atoms with E-state index in [0.717, 1.165) is 26.2 Å². The van der Waals surface area contributed by atoms with Gasteiger partial charge in [0, 0.05) is 45.8 Å². The van der Waals surface area contributed by atoms with Gasteiger partial charge in [0.2, 0.25) is 0 Å². The number of hydrogen-bond donors (Lipinski definition) is 2. The van der Waals surface area contributed by atoms with Crippen LogP contribution in [0.5, 0.6) is 0 Å². The molecular weight excluding hydrogens is 349 g/mol. The van der Waals surface area contributed by atoms with Crippen molar-refractivity contribution in [3.8, 4) is 0 Å². The molecule has 0 unspecified atom stereocenters. The highest BCUT2D eigenvalue weighted by atomic mass is 19.1. The third kappa shape index (κ3) is 4.40. The lowest BCUT2D eigenvalue weighted by Crippen LogP contribution is -2.44. The number of rotatable bonds is 4. The summed E-state index contributed by atoms with van der Waals surface area (Å²) in [5, 5.41) is 5.98. The van der Waals surface area contributed by atoms with Crippen LogP contribution in [0.15, 0.2) is 36.5 Å². The van der Waals surface area contributed by atoms with Crippen molar-refractivity contribution in [1.82, 2.24) is 15.2 Å². The second-order valence-electron chi connectivity index (χ2n) is 6.49.